The lowest BCUT2D eigenvalue weighted by Crippen LogP contribution is -2.46. The van der Waals surface area contributed by atoms with Crippen molar-refractivity contribution in [3.8, 4) is 0 Å². The zero-order chi connectivity index (χ0) is 16.7. The van der Waals surface area contributed by atoms with Crippen molar-refractivity contribution >= 4 is 17.7 Å². The summed E-state index contributed by atoms with van der Waals surface area (Å²) in [5.74, 6) is -0.502. The molecule has 2 heterocycles. The third kappa shape index (κ3) is 2.82. The summed E-state index contributed by atoms with van der Waals surface area (Å²) < 4.78 is 5.43. The van der Waals surface area contributed by atoms with Gasteiger partial charge in [-0.05, 0) is 37.0 Å². The molecule has 3 fully saturated rings. The van der Waals surface area contributed by atoms with Crippen LogP contribution in [0.2, 0.25) is 0 Å². The van der Waals surface area contributed by atoms with Gasteiger partial charge in [0.2, 0.25) is 11.8 Å². The molecule has 2 aliphatic heterocycles. The molecule has 2 saturated heterocycles. The molecular weight excluding hydrogens is 308 g/mol. The average molecular weight is 328 g/mol. The Morgan fingerprint density at radius 3 is 2.67 bits per heavy atom. The zero-order valence-corrected chi connectivity index (χ0v) is 13.4. The van der Waals surface area contributed by atoms with Crippen molar-refractivity contribution in [2.45, 2.75) is 43.7 Å². The summed E-state index contributed by atoms with van der Waals surface area (Å²) in [5, 5.41) is 2.30. The Morgan fingerprint density at radius 1 is 1.21 bits per heavy atom. The van der Waals surface area contributed by atoms with Gasteiger partial charge in [0, 0.05) is 24.1 Å². The molecule has 2 atom stereocenters. The van der Waals surface area contributed by atoms with Gasteiger partial charge in [0.1, 0.15) is 6.04 Å². The third-order valence-electron chi connectivity index (χ3n) is 4.99. The number of imide groups is 1. The maximum Gasteiger partial charge on any atom is 0.254 e. The van der Waals surface area contributed by atoms with Crippen LogP contribution in [-0.2, 0) is 14.3 Å². The first kappa shape index (κ1) is 15.3. The second-order valence-electron chi connectivity index (χ2n) is 6.76. The van der Waals surface area contributed by atoms with Gasteiger partial charge in [-0.25, -0.2) is 0 Å². The number of ether oxygens (including phenoxy) is 1. The molecule has 1 aromatic rings. The lowest BCUT2D eigenvalue weighted by atomic mass is 9.96. The summed E-state index contributed by atoms with van der Waals surface area (Å²) in [6, 6.07) is 6.99. The van der Waals surface area contributed by atoms with Gasteiger partial charge in [-0.2, -0.15) is 0 Å². The van der Waals surface area contributed by atoms with Gasteiger partial charge in [0.05, 0.1) is 13.0 Å². The monoisotopic (exact) mass is 328 g/mol. The van der Waals surface area contributed by atoms with Crippen LogP contribution in [-0.4, -0.2) is 47.9 Å². The first-order valence-corrected chi connectivity index (χ1v) is 8.47. The minimum absolute atomic E-state index is 0.0667. The molecule has 0 aromatic heterocycles. The molecule has 2 unspecified atom stereocenters. The molecule has 6 nitrogen and oxygen atoms in total. The molecule has 3 aliphatic rings. The predicted molar refractivity (Wildman–Crippen MR) is 85.4 cm³/mol. The van der Waals surface area contributed by atoms with Gasteiger partial charge in [0.25, 0.3) is 5.91 Å². The van der Waals surface area contributed by atoms with Gasteiger partial charge in [-0.3, -0.25) is 19.7 Å². The summed E-state index contributed by atoms with van der Waals surface area (Å²) in [7, 11) is 0. The molecule has 6 heteroatoms. The lowest BCUT2D eigenvalue weighted by Gasteiger charge is -2.27. The summed E-state index contributed by atoms with van der Waals surface area (Å²) in [6.45, 7) is 1.44. The Labute approximate surface area is 140 Å². The summed E-state index contributed by atoms with van der Waals surface area (Å²) in [6.07, 6.45) is 2.81. The van der Waals surface area contributed by atoms with Crippen LogP contribution >= 0.6 is 0 Å². The van der Waals surface area contributed by atoms with E-state index >= 15 is 0 Å². The average Bonchev–Trinajstić information content (AvgIpc) is 3.14. The van der Waals surface area contributed by atoms with Crippen LogP contribution in [0.3, 0.4) is 0 Å². The van der Waals surface area contributed by atoms with E-state index in [0.717, 1.165) is 31.4 Å². The van der Waals surface area contributed by atoms with E-state index in [1.807, 2.05) is 18.2 Å². The highest BCUT2D eigenvalue weighted by Gasteiger charge is 2.44. The lowest BCUT2D eigenvalue weighted by molar-refractivity contribution is -0.126. The normalized spacial score (nSPS) is 26.5. The molecule has 1 saturated carbocycles. The predicted octanol–water partition coefficient (Wildman–Crippen LogP) is 1.21. The number of nitrogens with zero attached hydrogens (tertiary/aromatic N) is 1. The quantitative estimate of drug-likeness (QED) is 0.843. The number of carbonyl (C=O) groups is 3. The Kier molecular flexibility index (Phi) is 3.84. The van der Waals surface area contributed by atoms with E-state index in [2.05, 4.69) is 5.32 Å². The van der Waals surface area contributed by atoms with Crippen LogP contribution in [0.25, 0.3) is 0 Å². The highest BCUT2D eigenvalue weighted by atomic mass is 16.5. The molecule has 0 bridgehead atoms. The summed E-state index contributed by atoms with van der Waals surface area (Å²) in [4.78, 5) is 38.2. The third-order valence-corrected chi connectivity index (χ3v) is 4.99. The smallest absolute Gasteiger partial charge is 0.254 e. The van der Waals surface area contributed by atoms with Crippen molar-refractivity contribution in [2.24, 2.45) is 0 Å². The van der Waals surface area contributed by atoms with E-state index in [0.29, 0.717) is 18.1 Å². The number of carbonyl (C=O) groups excluding carboxylic acids is 3. The highest BCUT2D eigenvalue weighted by Crippen LogP contribution is 2.33. The summed E-state index contributed by atoms with van der Waals surface area (Å²) >= 11 is 0. The van der Waals surface area contributed by atoms with Crippen LogP contribution in [0, 0.1) is 0 Å². The molecule has 1 aromatic carbocycles. The molecule has 126 valence electrons. The molecule has 1 N–H and O–H groups in total. The van der Waals surface area contributed by atoms with Gasteiger partial charge in [-0.1, -0.05) is 12.1 Å². The van der Waals surface area contributed by atoms with E-state index in [4.69, 9.17) is 4.74 Å². The molecule has 24 heavy (non-hydrogen) atoms. The van der Waals surface area contributed by atoms with E-state index in [1.54, 1.807) is 11.0 Å². The number of nitrogens with one attached hydrogen (secondary N) is 1. The van der Waals surface area contributed by atoms with Crippen molar-refractivity contribution in [2.75, 3.05) is 13.2 Å². The second kappa shape index (κ2) is 6.02. The maximum atomic E-state index is 13.0. The number of benzene rings is 1. The van der Waals surface area contributed by atoms with Crippen LogP contribution in [0.15, 0.2) is 24.3 Å². The fourth-order valence-corrected chi connectivity index (χ4v) is 3.55. The molecule has 0 radical (unpaired) electrons. The number of hydrogen-bond donors (Lipinski definition) is 1. The first-order chi connectivity index (χ1) is 11.6. The fourth-order valence-electron chi connectivity index (χ4n) is 3.55. The topological polar surface area (TPSA) is 75.7 Å². The van der Waals surface area contributed by atoms with E-state index in [-0.39, 0.29) is 30.2 Å². The minimum Gasteiger partial charge on any atom is -0.381 e. The van der Waals surface area contributed by atoms with E-state index in [1.165, 1.54) is 0 Å². The van der Waals surface area contributed by atoms with Crippen molar-refractivity contribution < 1.29 is 19.1 Å². The zero-order valence-electron chi connectivity index (χ0n) is 13.4. The van der Waals surface area contributed by atoms with Crippen molar-refractivity contribution in [3.05, 3.63) is 35.4 Å². The van der Waals surface area contributed by atoms with Crippen molar-refractivity contribution in [1.29, 1.82) is 0 Å². The van der Waals surface area contributed by atoms with Crippen LogP contribution in [0.4, 0.5) is 0 Å². The van der Waals surface area contributed by atoms with Crippen molar-refractivity contribution in [1.82, 2.24) is 10.2 Å². The largest absolute Gasteiger partial charge is 0.381 e. The highest BCUT2D eigenvalue weighted by molar-refractivity contribution is 6.08. The fraction of sp³-hybridized carbons (Fsp3) is 0.500. The Hall–Kier alpha value is -2.21. The van der Waals surface area contributed by atoms with Gasteiger partial charge < -0.3 is 9.64 Å². The molecule has 1 aliphatic carbocycles. The Bertz CT molecular complexity index is 692. The van der Waals surface area contributed by atoms with Gasteiger partial charge in [-0.15, -0.1) is 0 Å². The number of amides is 3. The van der Waals surface area contributed by atoms with Crippen LogP contribution in [0.1, 0.15) is 47.5 Å². The summed E-state index contributed by atoms with van der Waals surface area (Å²) in [5.41, 5.74) is 1.68. The molecular formula is C18H20N2O4. The second-order valence-corrected chi connectivity index (χ2v) is 6.76. The van der Waals surface area contributed by atoms with E-state index < -0.39 is 6.04 Å². The van der Waals surface area contributed by atoms with Gasteiger partial charge in [0.15, 0.2) is 0 Å². The Balaban J connectivity index is 1.60. The van der Waals surface area contributed by atoms with Crippen LogP contribution in [0.5, 0.6) is 0 Å². The number of hydrogen-bond acceptors (Lipinski definition) is 4. The molecule has 0 spiro atoms. The minimum atomic E-state index is -0.670. The SMILES string of the molecule is O=C1CC(N(C(=O)c2cccc(C3CCOC3)c2)C2CC2)C(=O)N1. The Morgan fingerprint density at radius 2 is 2.04 bits per heavy atom. The van der Waals surface area contributed by atoms with E-state index in [9.17, 15) is 14.4 Å². The first-order valence-electron chi connectivity index (χ1n) is 8.47. The van der Waals surface area contributed by atoms with Gasteiger partial charge >= 0.3 is 0 Å². The molecule has 3 amide bonds. The van der Waals surface area contributed by atoms with Crippen molar-refractivity contribution in [3.63, 3.8) is 0 Å². The molecule has 4 rings (SSSR count). The maximum absolute atomic E-state index is 13.0. The van der Waals surface area contributed by atoms with Crippen LogP contribution < -0.4 is 5.32 Å². The standard InChI is InChI=1S/C18H20N2O4/c21-16-9-15(17(22)19-16)20(14-4-5-14)18(23)12-3-1-2-11(8-12)13-6-7-24-10-13/h1-3,8,13-15H,4-7,9-10H2,(H,19,21,22). The number of rotatable bonds is 4.